The number of nitrogens with one attached hydrogen (secondary N) is 2. The summed E-state index contributed by atoms with van der Waals surface area (Å²) in [6.07, 6.45) is 1.26. The summed E-state index contributed by atoms with van der Waals surface area (Å²) >= 11 is 0. The summed E-state index contributed by atoms with van der Waals surface area (Å²) in [6, 6.07) is 1.17. The van der Waals surface area contributed by atoms with Crippen molar-refractivity contribution in [2.24, 2.45) is 0 Å². The summed E-state index contributed by atoms with van der Waals surface area (Å²) < 4.78 is 1.10. The van der Waals surface area contributed by atoms with E-state index in [0.717, 1.165) is 4.57 Å². The Morgan fingerprint density at radius 3 is 2.70 bits per heavy atom. The van der Waals surface area contributed by atoms with Crippen LogP contribution in [0.1, 0.15) is 13.8 Å². The minimum absolute atomic E-state index is 0.216. The zero-order valence-corrected chi connectivity index (χ0v) is 11.3. The normalized spacial score (nSPS) is 17.7. The molecule has 8 heteroatoms. The van der Waals surface area contributed by atoms with E-state index in [-0.39, 0.29) is 18.4 Å². The van der Waals surface area contributed by atoms with E-state index < -0.39 is 16.8 Å². The molecule has 0 saturated carbocycles. The van der Waals surface area contributed by atoms with Gasteiger partial charge in [0.25, 0.3) is 5.56 Å². The van der Waals surface area contributed by atoms with Crippen LogP contribution in [0.15, 0.2) is 21.9 Å². The number of carbonyl (C=O) groups is 2. The fourth-order valence-electron chi connectivity index (χ4n) is 2.14. The lowest BCUT2D eigenvalue weighted by Crippen LogP contribution is -2.64. The first-order valence-corrected chi connectivity index (χ1v) is 6.21. The van der Waals surface area contributed by atoms with Crippen molar-refractivity contribution in [3.05, 3.63) is 33.1 Å². The van der Waals surface area contributed by atoms with Crippen LogP contribution in [0.4, 0.5) is 0 Å². The zero-order chi connectivity index (χ0) is 14.9. The second-order valence-electron chi connectivity index (χ2n) is 5.10. The summed E-state index contributed by atoms with van der Waals surface area (Å²) in [7, 11) is 0. The molecule has 2 rings (SSSR count). The van der Waals surface area contributed by atoms with Gasteiger partial charge in [0.1, 0.15) is 12.1 Å². The van der Waals surface area contributed by atoms with Crippen molar-refractivity contribution in [3.63, 3.8) is 0 Å². The lowest BCUT2D eigenvalue weighted by atomic mass is 9.99. The summed E-state index contributed by atoms with van der Waals surface area (Å²) in [4.78, 5) is 50.0. The molecule has 0 unspecified atom stereocenters. The standard InChI is InChI=1S/C12H16N4O4/c1-12(2)10(19)13-4-6-16(12)9(18)7-15-5-3-8(17)14-11(15)20/h3,5H,4,6-7H2,1-2H3,(H,13,19)(H,14,17,20). The molecule has 2 N–H and O–H groups in total. The first kappa shape index (κ1) is 14.0. The van der Waals surface area contributed by atoms with Crippen LogP contribution < -0.4 is 16.6 Å². The Hall–Kier alpha value is -2.38. The molecule has 1 aliphatic heterocycles. The van der Waals surface area contributed by atoms with Gasteiger partial charge >= 0.3 is 5.69 Å². The van der Waals surface area contributed by atoms with E-state index in [1.807, 2.05) is 0 Å². The van der Waals surface area contributed by atoms with Crippen molar-refractivity contribution >= 4 is 11.8 Å². The van der Waals surface area contributed by atoms with Gasteiger partial charge in [-0.1, -0.05) is 0 Å². The van der Waals surface area contributed by atoms with Gasteiger partial charge in [0, 0.05) is 25.4 Å². The molecule has 1 aromatic rings. The number of carbonyl (C=O) groups excluding carboxylic acids is 2. The number of hydrogen-bond acceptors (Lipinski definition) is 4. The summed E-state index contributed by atoms with van der Waals surface area (Å²) in [5, 5.41) is 2.69. The SMILES string of the molecule is CC1(C)C(=O)NCCN1C(=O)Cn1ccc(=O)[nH]c1=O. The lowest BCUT2D eigenvalue weighted by Gasteiger charge is -2.41. The first-order chi connectivity index (χ1) is 9.32. The van der Waals surface area contributed by atoms with Gasteiger partial charge < -0.3 is 10.2 Å². The van der Waals surface area contributed by atoms with Crippen molar-refractivity contribution in [3.8, 4) is 0 Å². The number of aromatic amines is 1. The van der Waals surface area contributed by atoms with E-state index in [2.05, 4.69) is 10.3 Å². The predicted molar refractivity (Wildman–Crippen MR) is 70.1 cm³/mol. The monoisotopic (exact) mass is 280 g/mol. The third-order valence-electron chi connectivity index (χ3n) is 3.35. The largest absolute Gasteiger partial charge is 0.352 e. The van der Waals surface area contributed by atoms with E-state index >= 15 is 0 Å². The number of piperazine rings is 1. The molecular weight excluding hydrogens is 264 g/mol. The van der Waals surface area contributed by atoms with Gasteiger partial charge in [-0.3, -0.25) is 23.9 Å². The highest BCUT2D eigenvalue weighted by Crippen LogP contribution is 2.17. The van der Waals surface area contributed by atoms with Gasteiger partial charge in [0.15, 0.2) is 0 Å². The molecule has 20 heavy (non-hydrogen) atoms. The molecule has 1 aromatic heterocycles. The Morgan fingerprint density at radius 1 is 1.35 bits per heavy atom. The minimum atomic E-state index is -0.957. The number of amides is 2. The Morgan fingerprint density at radius 2 is 2.05 bits per heavy atom. The number of nitrogens with zero attached hydrogens (tertiary/aromatic N) is 2. The topological polar surface area (TPSA) is 104 Å². The van der Waals surface area contributed by atoms with Crippen LogP contribution in [0.25, 0.3) is 0 Å². The van der Waals surface area contributed by atoms with Gasteiger partial charge in [-0.05, 0) is 13.8 Å². The maximum atomic E-state index is 12.3. The fraction of sp³-hybridized carbons (Fsp3) is 0.500. The molecule has 0 spiro atoms. The predicted octanol–water partition coefficient (Wildman–Crippen LogP) is -1.73. The lowest BCUT2D eigenvalue weighted by molar-refractivity contribution is -0.149. The molecule has 0 radical (unpaired) electrons. The fourth-order valence-corrected chi connectivity index (χ4v) is 2.14. The molecular formula is C12H16N4O4. The van der Waals surface area contributed by atoms with Gasteiger partial charge in [-0.25, -0.2) is 4.79 Å². The Kier molecular flexibility index (Phi) is 3.47. The van der Waals surface area contributed by atoms with Crippen LogP contribution in [-0.4, -0.2) is 44.9 Å². The van der Waals surface area contributed by atoms with Gasteiger partial charge in [0.2, 0.25) is 11.8 Å². The first-order valence-electron chi connectivity index (χ1n) is 6.21. The van der Waals surface area contributed by atoms with Gasteiger partial charge in [0.05, 0.1) is 0 Å². The third-order valence-corrected chi connectivity index (χ3v) is 3.35. The van der Waals surface area contributed by atoms with Crippen LogP contribution in [0.5, 0.6) is 0 Å². The smallest absolute Gasteiger partial charge is 0.328 e. The molecule has 108 valence electrons. The quantitative estimate of drug-likeness (QED) is 0.672. The van der Waals surface area contributed by atoms with Gasteiger partial charge in [-0.2, -0.15) is 0 Å². The second-order valence-corrected chi connectivity index (χ2v) is 5.10. The van der Waals surface area contributed by atoms with E-state index in [9.17, 15) is 19.2 Å². The molecule has 2 heterocycles. The summed E-state index contributed by atoms with van der Waals surface area (Å²) in [5.41, 5.74) is -2.12. The average Bonchev–Trinajstić information content (AvgIpc) is 2.36. The Balaban J connectivity index is 2.21. The summed E-state index contributed by atoms with van der Waals surface area (Å²) in [5.74, 6) is -0.579. The molecule has 2 amide bonds. The van der Waals surface area contributed by atoms with Crippen LogP contribution in [0, 0.1) is 0 Å². The molecule has 0 bridgehead atoms. The van der Waals surface area contributed by atoms with Crippen molar-refractivity contribution in [2.45, 2.75) is 25.9 Å². The van der Waals surface area contributed by atoms with Crippen molar-refractivity contribution in [2.75, 3.05) is 13.1 Å². The van der Waals surface area contributed by atoms with E-state index in [1.54, 1.807) is 13.8 Å². The molecule has 1 aliphatic rings. The number of hydrogen-bond donors (Lipinski definition) is 2. The van der Waals surface area contributed by atoms with Gasteiger partial charge in [-0.15, -0.1) is 0 Å². The highest BCUT2D eigenvalue weighted by atomic mass is 16.2. The molecule has 1 saturated heterocycles. The maximum absolute atomic E-state index is 12.3. The molecule has 0 atom stereocenters. The maximum Gasteiger partial charge on any atom is 0.328 e. The Bertz CT molecular complexity index is 658. The van der Waals surface area contributed by atoms with Crippen molar-refractivity contribution in [1.82, 2.24) is 19.8 Å². The molecule has 0 aliphatic carbocycles. The van der Waals surface area contributed by atoms with Crippen LogP contribution in [-0.2, 0) is 16.1 Å². The minimum Gasteiger partial charge on any atom is -0.352 e. The van der Waals surface area contributed by atoms with Crippen molar-refractivity contribution in [1.29, 1.82) is 0 Å². The van der Waals surface area contributed by atoms with Crippen LogP contribution in [0.3, 0.4) is 0 Å². The molecule has 0 aromatic carbocycles. The average molecular weight is 280 g/mol. The van der Waals surface area contributed by atoms with Crippen molar-refractivity contribution < 1.29 is 9.59 Å². The number of H-pyrrole nitrogens is 1. The van der Waals surface area contributed by atoms with E-state index in [4.69, 9.17) is 0 Å². The third kappa shape index (κ3) is 2.49. The van der Waals surface area contributed by atoms with Crippen LogP contribution >= 0.6 is 0 Å². The van der Waals surface area contributed by atoms with Crippen LogP contribution in [0.2, 0.25) is 0 Å². The highest BCUT2D eigenvalue weighted by Gasteiger charge is 2.40. The van der Waals surface area contributed by atoms with E-state index in [1.165, 1.54) is 17.2 Å². The number of rotatable bonds is 2. The van der Waals surface area contributed by atoms with E-state index in [0.29, 0.717) is 13.1 Å². The second kappa shape index (κ2) is 4.95. The Labute approximate surface area is 114 Å². The summed E-state index contributed by atoms with van der Waals surface area (Å²) in [6.45, 7) is 3.85. The molecule has 1 fully saturated rings. The number of aromatic nitrogens is 2. The zero-order valence-electron chi connectivity index (χ0n) is 11.3. The highest BCUT2D eigenvalue weighted by molar-refractivity contribution is 5.91. The molecule has 8 nitrogen and oxygen atoms in total.